The smallest absolute Gasteiger partial charge is 0.221 e. The summed E-state index contributed by atoms with van der Waals surface area (Å²) in [6.45, 7) is 1.27. The Balaban J connectivity index is 1.52. The molecule has 0 fully saturated rings. The van der Waals surface area contributed by atoms with Crippen LogP contribution in [0.25, 0.3) is 10.9 Å². The highest BCUT2D eigenvalue weighted by atomic mass is 16.5. The van der Waals surface area contributed by atoms with Gasteiger partial charge in [-0.15, -0.1) is 0 Å². The minimum absolute atomic E-state index is 0.00893. The summed E-state index contributed by atoms with van der Waals surface area (Å²) in [5.41, 5.74) is 5.61. The normalized spacial score (nSPS) is 11.8. The minimum atomic E-state index is -0.154. The van der Waals surface area contributed by atoms with Crippen molar-refractivity contribution in [3.8, 4) is 5.75 Å². The number of aromatic nitrogens is 1. The number of nitrogens with zero attached hydrogens (tertiary/aromatic N) is 1. The first kappa shape index (κ1) is 23.4. The van der Waals surface area contributed by atoms with Crippen LogP contribution in [0.4, 0.5) is 0 Å². The molecule has 180 valence electrons. The van der Waals surface area contributed by atoms with Crippen LogP contribution in [0.15, 0.2) is 115 Å². The van der Waals surface area contributed by atoms with Crippen LogP contribution in [0.2, 0.25) is 0 Å². The zero-order valence-electron chi connectivity index (χ0n) is 20.4. The van der Waals surface area contributed by atoms with Crippen molar-refractivity contribution < 1.29 is 9.53 Å². The average molecular weight is 475 g/mol. The molecule has 0 aliphatic carbocycles. The van der Waals surface area contributed by atoms with Gasteiger partial charge >= 0.3 is 0 Å². The van der Waals surface area contributed by atoms with Crippen molar-refractivity contribution in [1.82, 2.24) is 9.88 Å². The number of nitrogens with one attached hydrogen (secondary N) is 1. The van der Waals surface area contributed by atoms with Gasteiger partial charge < -0.3 is 14.6 Å². The van der Waals surface area contributed by atoms with Crippen molar-refractivity contribution >= 4 is 16.8 Å². The number of amides is 1. The highest BCUT2D eigenvalue weighted by molar-refractivity contribution is 5.87. The third-order valence-corrected chi connectivity index (χ3v) is 6.63. The minimum Gasteiger partial charge on any atom is -0.496 e. The van der Waals surface area contributed by atoms with E-state index in [1.54, 1.807) is 7.11 Å². The summed E-state index contributed by atoms with van der Waals surface area (Å²) >= 11 is 0. The van der Waals surface area contributed by atoms with E-state index in [9.17, 15) is 4.79 Å². The molecule has 4 heteroatoms. The van der Waals surface area contributed by atoms with Crippen molar-refractivity contribution in [3.05, 3.63) is 138 Å². The monoisotopic (exact) mass is 474 g/mol. The molecular formula is C32H30N2O2. The fraction of sp³-hybridized carbons (Fsp3) is 0.156. The second-order valence-electron chi connectivity index (χ2n) is 8.98. The van der Waals surface area contributed by atoms with E-state index in [0.29, 0.717) is 13.0 Å². The summed E-state index contributed by atoms with van der Waals surface area (Å²) in [5.74, 6) is 0.645. The van der Waals surface area contributed by atoms with E-state index in [2.05, 4.69) is 70.7 Å². The van der Waals surface area contributed by atoms with E-state index in [0.717, 1.165) is 39.9 Å². The van der Waals surface area contributed by atoms with Gasteiger partial charge in [0.15, 0.2) is 0 Å². The Morgan fingerprint density at radius 3 is 2.17 bits per heavy atom. The van der Waals surface area contributed by atoms with Crippen LogP contribution in [-0.2, 0) is 17.9 Å². The van der Waals surface area contributed by atoms with Gasteiger partial charge in [0.2, 0.25) is 5.91 Å². The standard InChI is InChI=1S/C32H30N2O2/c1-36-31-19-11-9-17-27(31)28(20-32(35)33-21-24-12-4-2-5-13-24)29-23-34(22-25-14-6-3-7-15-25)30-18-10-8-16-26(29)30/h2-19,23,28H,20-22H2,1H3,(H,33,35)/t28-/m1/s1. The molecule has 0 aliphatic rings. The molecule has 5 rings (SSSR count). The summed E-state index contributed by atoms with van der Waals surface area (Å²) in [4.78, 5) is 13.2. The second kappa shape index (κ2) is 11.0. The number of para-hydroxylation sites is 2. The molecule has 0 bridgehead atoms. The molecular weight excluding hydrogens is 444 g/mol. The lowest BCUT2D eigenvalue weighted by molar-refractivity contribution is -0.121. The van der Waals surface area contributed by atoms with Gasteiger partial charge in [-0.05, 0) is 28.8 Å². The van der Waals surface area contributed by atoms with Crippen LogP contribution in [0.1, 0.15) is 34.6 Å². The number of carbonyl (C=O) groups is 1. The molecule has 0 radical (unpaired) electrons. The maximum absolute atomic E-state index is 13.2. The molecule has 0 spiro atoms. The van der Waals surface area contributed by atoms with Gasteiger partial charge in [0.1, 0.15) is 5.75 Å². The quantitative estimate of drug-likeness (QED) is 0.264. The Bertz CT molecular complexity index is 1440. The number of carbonyl (C=O) groups excluding carboxylic acids is 1. The maximum Gasteiger partial charge on any atom is 0.221 e. The Kier molecular flexibility index (Phi) is 7.13. The van der Waals surface area contributed by atoms with Gasteiger partial charge in [0.25, 0.3) is 0 Å². The van der Waals surface area contributed by atoms with Crippen molar-refractivity contribution in [1.29, 1.82) is 0 Å². The molecule has 1 aromatic heterocycles. The van der Waals surface area contributed by atoms with Crippen LogP contribution >= 0.6 is 0 Å². The van der Waals surface area contributed by atoms with Crippen LogP contribution in [0.3, 0.4) is 0 Å². The highest BCUT2D eigenvalue weighted by Gasteiger charge is 2.25. The largest absolute Gasteiger partial charge is 0.496 e. The van der Waals surface area contributed by atoms with Gasteiger partial charge in [-0.3, -0.25) is 4.79 Å². The molecule has 1 amide bonds. The molecule has 4 nitrogen and oxygen atoms in total. The van der Waals surface area contributed by atoms with Crippen molar-refractivity contribution in [2.45, 2.75) is 25.4 Å². The number of rotatable bonds is 9. The van der Waals surface area contributed by atoms with Gasteiger partial charge in [-0.25, -0.2) is 0 Å². The zero-order chi connectivity index (χ0) is 24.7. The molecule has 36 heavy (non-hydrogen) atoms. The molecule has 0 unspecified atom stereocenters. The van der Waals surface area contributed by atoms with E-state index >= 15 is 0 Å². The molecule has 0 saturated carbocycles. The first-order valence-corrected chi connectivity index (χ1v) is 12.3. The Morgan fingerprint density at radius 1 is 0.778 bits per heavy atom. The molecule has 0 aliphatic heterocycles. The Morgan fingerprint density at radius 2 is 1.42 bits per heavy atom. The van der Waals surface area contributed by atoms with Gasteiger partial charge in [0, 0.05) is 48.1 Å². The number of benzene rings is 4. The van der Waals surface area contributed by atoms with Gasteiger partial charge in [-0.2, -0.15) is 0 Å². The van der Waals surface area contributed by atoms with Crippen molar-refractivity contribution in [2.24, 2.45) is 0 Å². The van der Waals surface area contributed by atoms with Crippen LogP contribution in [0, 0.1) is 0 Å². The van der Waals surface area contributed by atoms with Gasteiger partial charge in [-0.1, -0.05) is 97.1 Å². The topological polar surface area (TPSA) is 43.3 Å². The van der Waals surface area contributed by atoms with E-state index in [-0.39, 0.29) is 11.8 Å². The number of hydrogen-bond acceptors (Lipinski definition) is 2. The fourth-order valence-corrected chi connectivity index (χ4v) is 4.86. The number of hydrogen-bond donors (Lipinski definition) is 1. The summed E-state index contributed by atoms with van der Waals surface area (Å²) in [7, 11) is 1.68. The summed E-state index contributed by atoms with van der Waals surface area (Å²) < 4.78 is 8.02. The lowest BCUT2D eigenvalue weighted by Gasteiger charge is -2.20. The van der Waals surface area contributed by atoms with E-state index in [4.69, 9.17) is 4.74 Å². The number of ether oxygens (including phenoxy) is 1. The fourth-order valence-electron chi connectivity index (χ4n) is 4.86. The molecule has 1 N–H and O–H groups in total. The van der Waals surface area contributed by atoms with Crippen molar-refractivity contribution in [3.63, 3.8) is 0 Å². The Labute approximate surface area is 212 Å². The summed E-state index contributed by atoms with van der Waals surface area (Å²) in [6, 6.07) is 36.9. The molecule has 1 heterocycles. The first-order valence-electron chi connectivity index (χ1n) is 12.3. The third kappa shape index (κ3) is 5.18. The predicted molar refractivity (Wildman–Crippen MR) is 145 cm³/mol. The highest BCUT2D eigenvalue weighted by Crippen LogP contribution is 2.38. The summed E-state index contributed by atoms with van der Waals surface area (Å²) in [5, 5.41) is 4.27. The van der Waals surface area contributed by atoms with E-state index in [1.165, 1.54) is 5.56 Å². The average Bonchev–Trinajstić information content (AvgIpc) is 3.29. The summed E-state index contributed by atoms with van der Waals surface area (Å²) in [6.07, 6.45) is 2.53. The molecule has 1 atom stereocenters. The molecule has 5 aromatic rings. The SMILES string of the molecule is COc1ccccc1[C@@H](CC(=O)NCc1ccccc1)c1cn(Cc2ccccc2)c2ccccc12. The van der Waals surface area contributed by atoms with E-state index in [1.807, 2.05) is 54.6 Å². The maximum atomic E-state index is 13.2. The van der Waals surface area contributed by atoms with Crippen LogP contribution in [-0.4, -0.2) is 17.6 Å². The first-order chi connectivity index (χ1) is 17.7. The van der Waals surface area contributed by atoms with E-state index < -0.39 is 0 Å². The lowest BCUT2D eigenvalue weighted by atomic mass is 9.87. The van der Waals surface area contributed by atoms with Gasteiger partial charge in [0.05, 0.1) is 7.11 Å². The van der Waals surface area contributed by atoms with Crippen LogP contribution < -0.4 is 10.1 Å². The molecule has 0 saturated heterocycles. The lowest BCUT2D eigenvalue weighted by Crippen LogP contribution is -2.25. The predicted octanol–water partition coefficient (Wildman–Crippen LogP) is 6.54. The number of methoxy groups -OCH3 is 1. The zero-order valence-corrected chi connectivity index (χ0v) is 20.4. The molecule has 4 aromatic carbocycles. The van der Waals surface area contributed by atoms with Crippen molar-refractivity contribution in [2.75, 3.05) is 7.11 Å². The third-order valence-electron chi connectivity index (χ3n) is 6.63. The second-order valence-corrected chi connectivity index (χ2v) is 8.98. The van der Waals surface area contributed by atoms with Crippen LogP contribution in [0.5, 0.6) is 5.75 Å². The number of fused-ring (bicyclic) bond motifs is 1. The Hall–Kier alpha value is -4.31.